The normalized spacial score (nSPS) is 10.7. The first-order valence-electron chi connectivity index (χ1n) is 6.84. The van der Waals surface area contributed by atoms with Gasteiger partial charge in [0.25, 0.3) is 5.91 Å². The minimum Gasteiger partial charge on any atom is -0.307 e. The monoisotopic (exact) mass is 295 g/mol. The van der Waals surface area contributed by atoms with Gasteiger partial charge in [0.1, 0.15) is 11.6 Å². The van der Waals surface area contributed by atoms with E-state index in [9.17, 15) is 9.18 Å². The molecule has 0 unspecified atom stereocenters. The summed E-state index contributed by atoms with van der Waals surface area (Å²) >= 11 is 0. The fourth-order valence-corrected chi connectivity index (χ4v) is 2.25. The first-order valence-corrected chi connectivity index (χ1v) is 6.84. The maximum absolute atomic E-state index is 13.2. The highest BCUT2D eigenvalue weighted by molar-refractivity contribution is 6.06. The number of rotatable bonds is 2. The third-order valence-corrected chi connectivity index (χ3v) is 3.37. The van der Waals surface area contributed by atoms with Crippen LogP contribution in [0, 0.1) is 19.7 Å². The second-order valence-corrected chi connectivity index (χ2v) is 5.13. The summed E-state index contributed by atoms with van der Waals surface area (Å²) in [6.07, 6.45) is 1.64. The summed E-state index contributed by atoms with van der Waals surface area (Å²) in [6.45, 7) is 3.65. The van der Waals surface area contributed by atoms with Gasteiger partial charge in [-0.1, -0.05) is 0 Å². The molecule has 0 bridgehead atoms. The zero-order valence-corrected chi connectivity index (χ0v) is 12.2. The molecular weight excluding hydrogens is 281 g/mol. The number of nitrogens with one attached hydrogen (secondary N) is 1. The number of aryl methyl sites for hydroxylation is 2. The summed E-state index contributed by atoms with van der Waals surface area (Å²) in [5, 5.41) is 3.47. The molecule has 1 aromatic carbocycles. The molecule has 0 saturated heterocycles. The lowest BCUT2D eigenvalue weighted by Crippen LogP contribution is -2.15. The molecule has 0 radical (unpaired) electrons. The van der Waals surface area contributed by atoms with E-state index in [2.05, 4.69) is 15.3 Å². The van der Waals surface area contributed by atoms with Crippen molar-refractivity contribution < 1.29 is 9.18 Å². The summed E-state index contributed by atoms with van der Waals surface area (Å²) in [6, 6.07) is 9.67. The first kappa shape index (κ1) is 14.1. The number of aromatic nitrogens is 2. The van der Waals surface area contributed by atoms with Crippen molar-refractivity contribution in [2.24, 2.45) is 0 Å². The average molecular weight is 295 g/mol. The van der Waals surface area contributed by atoms with Gasteiger partial charge >= 0.3 is 0 Å². The Hall–Kier alpha value is -2.82. The molecule has 110 valence electrons. The van der Waals surface area contributed by atoms with E-state index < -0.39 is 0 Å². The lowest BCUT2D eigenvalue weighted by molar-refractivity contribution is 0.102. The van der Waals surface area contributed by atoms with Crippen LogP contribution < -0.4 is 5.32 Å². The zero-order chi connectivity index (χ0) is 15.7. The van der Waals surface area contributed by atoms with Gasteiger partial charge in [-0.3, -0.25) is 9.78 Å². The molecule has 0 aliphatic rings. The van der Waals surface area contributed by atoms with Gasteiger partial charge in [-0.05, 0) is 49.7 Å². The minimum absolute atomic E-state index is 0.283. The Bertz CT molecular complexity index is 877. The summed E-state index contributed by atoms with van der Waals surface area (Å²) in [7, 11) is 0. The van der Waals surface area contributed by atoms with Gasteiger partial charge < -0.3 is 5.32 Å². The van der Waals surface area contributed by atoms with Gasteiger partial charge in [0.2, 0.25) is 0 Å². The highest BCUT2D eigenvalue weighted by Gasteiger charge is 2.13. The van der Waals surface area contributed by atoms with E-state index >= 15 is 0 Å². The molecule has 22 heavy (non-hydrogen) atoms. The van der Waals surface area contributed by atoms with Crippen LogP contribution in [0.1, 0.15) is 21.6 Å². The van der Waals surface area contributed by atoms with Gasteiger partial charge in [-0.2, -0.15) is 0 Å². The fraction of sp³-hybridized carbons (Fsp3) is 0.118. The molecule has 0 fully saturated rings. The number of nitrogens with zero attached hydrogens (tertiary/aromatic N) is 2. The number of benzene rings is 1. The molecule has 3 aromatic rings. The Morgan fingerprint density at radius 2 is 1.95 bits per heavy atom. The van der Waals surface area contributed by atoms with E-state index in [-0.39, 0.29) is 11.7 Å². The lowest BCUT2D eigenvalue weighted by Gasteiger charge is -2.08. The molecule has 5 heteroatoms. The molecule has 0 spiro atoms. The van der Waals surface area contributed by atoms with Crippen LogP contribution >= 0.6 is 0 Å². The Morgan fingerprint density at radius 1 is 1.14 bits per heavy atom. The van der Waals surface area contributed by atoms with E-state index in [1.165, 1.54) is 12.1 Å². The summed E-state index contributed by atoms with van der Waals surface area (Å²) in [4.78, 5) is 20.8. The van der Waals surface area contributed by atoms with Gasteiger partial charge in [0.15, 0.2) is 0 Å². The average Bonchev–Trinajstić information content (AvgIpc) is 2.46. The molecule has 0 aliphatic carbocycles. The van der Waals surface area contributed by atoms with Crippen LogP contribution in [0.4, 0.5) is 10.2 Å². The number of halogens is 1. The van der Waals surface area contributed by atoms with Crippen LogP contribution in [-0.4, -0.2) is 15.9 Å². The van der Waals surface area contributed by atoms with E-state index in [0.29, 0.717) is 28.0 Å². The van der Waals surface area contributed by atoms with Crippen molar-refractivity contribution in [2.45, 2.75) is 13.8 Å². The number of carbonyl (C=O) groups is 1. The molecule has 1 amide bonds. The van der Waals surface area contributed by atoms with E-state index in [4.69, 9.17) is 0 Å². The number of amides is 1. The molecular formula is C17H14FN3O. The number of pyridine rings is 2. The fourth-order valence-electron chi connectivity index (χ4n) is 2.25. The zero-order valence-electron chi connectivity index (χ0n) is 12.2. The molecule has 2 heterocycles. The van der Waals surface area contributed by atoms with Crippen LogP contribution in [0.25, 0.3) is 10.9 Å². The molecule has 2 aromatic heterocycles. The Balaban J connectivity index is 1.96. The Labute approximate surface area is 127 Å². The Kier molecular flexibility index (Phi) is 3.55. The number of anilines is 1. The van der Waals surface area contributed by atoms with Crippen molar-refractivity contribution in [2.75, 3.05) is 5.32 Å². The van der Waals surface area contributed by atoms with Gasteiger partial charge in [-0.25, -0.2) is 9.37 Å². The maximum atomic E-state index is 13.2. The third-order valence-electron chi connectivity index (χ3n) is 3.37. The van der Waals surface area contributed by atoms with Gasteiger partial charge in [0.05, 0.1) is 16.8 Å². The van der Waals surface area contributed by atoms with E-state index in [0.717, 1.165) is 5.56 Å². The van der Waals surface area contributed by atoms with Crippen molar-refractivity contribution in [3.05, 3.63) is 65.2 Å². The lowest BCUT2D eigenvalue weighted by atomic mass is 10.1. The van der Waals surface area contributed by atoms with Crippen molar-refractivity contribution in [3.63, 3.8) is 0 Å². The third kappa shape index (κ3) is 2.79. The second kappa shape index (κ2) is 5.52. The van der Waals surface area contributed by atoms with Crippen LogP contribution in [0.2, 0.25) is 0 Å². The molecule has 0 atom stereocenters. The van der Waals surface area contributed by atoms with Crippen molar-refractivity contribution in [1.29, 1.82) is 0 Å². The van der Waals surface area contributed by atoms with Crippen LogP contribution in [-0.2, 0) is 0 Å². The number of hydrogen-bond donors (Lipinski definition) is 1. The SMILES string of the molecule is Cc1ccnc(NC(=O)c2cc3ccc(F)cc3nc2C)c1. The summed E-state index contributed by atoms with van der Waals surface area (Å²) < 4.78 is 13.2. The van der Waals surface area contributed by atoms with Crippen molar-refractivity contribution in [1.82, 2.24) is 9.97 Å². The quantitative estimate of drug-likeness (QED) is 0.785. The molecule has 0 saturated carbocycles. The minimum atomic E-state index is -0.347. The number of carbonyl (C=O) groups excluding carboxylic acids is 1. The topological polar surface area (TPSA) is 54.9 Å². The number of hydrogen-bond acceptors (Lipinski definition) is 3. The van der Waals surface area contributed by atoms with Gasteiger partial charge in [-0.15, -0.1) is 0 Å². The number of fused-ring (bicyclic) bond motifs is 1. The van der Waals surface area contributed by atoms with E-state index in [1.807, 2.05) is 13.0 Å². The molecule has 0 aliphatic heterocycles. The first-order chi connectivity index (χ1) is 10.5. The van der Waals surface area contributed by atoms with Crippen LogP contribution in [0.5, 0.6) is 0 Å². The van der Waals surface area contributed by atoms with Crippen LogP contribution in [0.15, 0.2) is 42.6 Å². The van der Waals surface area contributed by atoms with Crippen molar-refractivity contribution >= 4 is 22.6 Å². The highest BCUT2D eigenvalue weighted by atomic mass is 19.1. The maximum Gasteiger partial charge on any atom is 0.258 e. The summed E-state index contributed by atoms with van der Waals surface area (Å²) in [5.74, 6) is -0.140. The standard InChI is InChI=1S/C17H14FN3O/c1-10-5-6-19-16(7-10)21-17(22)14-8-12-3-4-13(18)9-15(12)20-11(14)2/h3-9H,1-2H3,(H,19,21,22). The molecule has 1 N–H and O–H groups in total. The second-order valence-electron chi connectivity index (χ2n) is 5.13. The Morgan fingerprint density at radius 3 is 2.73 bits per heavy atom. The highest BCUT2D eigenvalue weighted by Crippen LogP contribution is 2.19. The smallest absolute Gasteiger partial charge is 0.258 e. The van der Waals surface area contributed by atoms with Gasteiger partial charge in [0, 0.05) is 17.6 Å². The molecule has 3 rings (SSSR count). The van der Waals surface area contributed by atoms with E-state index in [1.54, 1.807) is 31.3 Å². The largest absolute Gasteiger partial charge is 0.307 e. The molecule has 4 nitrogen and oxygen atoms in total. The summed E-state index contributed by atoms with van der Waals surface area (Å²) in [5.41, 5.74) is 2.53. The predicted octanol–water partition coefficient (Wildman–Crippen LogP) is 3.64. The van der Waals surface area contributed by atoms with Crippen LogP contribution in [0.3, 0.4) is 0 Å². The predicted molar refractivity (Wildman–Crippen MR) is 83.4 cm³/mol. The van der Waals surface area contributed by atoms with Crippen molar-refractivity contribution in [3.8, 4) is 0 Å².